The van der Waals surface area contributed by atoms with Crippen LogP contribution in [0.4, 0.5) is 0 Å². The van der Waals surface area contributed by atoms with Gasteiger partial charge in [0.05, 0.1) is 17.4 Å². The molecule has 37 heavy (non-hydrogen) atoms. The Morgan fingerprint density at radius 1 is 1.08 bits per heavy atom. The van der Waals surface area contributed by atoms with Gasteiger partial charge in [0, 0.05) is 18.2 Å². The first-order valence-electron chi connectivity index (χ1n) is 13.3. The predicted molar refractivity (Wildman–Crippen MR) is 145 cm³/mol. The number of carbonyl (C=O) groups is 1. The Bertz CT molecular complexity index is 1570. The lowest BCUT2D eigenvalue weighted by molar-refractivity contribution is 0.0928. The normalized spacial score (nSPS) is 14.6. The third-order valence-electron chi connectivity index (χ3n) is 7.33. The molecule has 1 saturated carbocycles. The van der Waals surface area contributed by atoms with Crippen molar-refractivity contribution in [2.45, 2.75) is 78.4 Å². The average Bonchev–Trinajstić information content (AvgIpc) is 3.19. The molecule has 4 aromatic rings. The van der Waals surface area contributed by atoms with Crippen LogP contribution in [0.15, 0.2) is 52.1 Å². The first-order chi connectivity index (χ1) is 17.8. The van der Waals surface area contributed by atoms with Crippen molar-refractivity contribution < 1.29 is 4.79 Å². The first kappa shape index (κ1) is 25.0. The summed E-state index contributed by atoms with van der Waals surface area (Å²) in [6, 6.07) is 13.1. The Kier molecular flexibility index (Phi) is 7.00. The van der Waals surface area contributed by atoms with Crippen molar-refractivity contribution in [2.75, 3.05) is 0 Å². The van der Waals surface area contributed by atoms with Gasteiger partial charge < -0.3 is 5.32 Å². The van der Waals surface area contributed by atoms with Crippen LogP contribution >= 0.6 is 0 Å². The summed E-state index contributed by atoms with van der Waals surface area (Å²) < 4.78 is 4.49. The minimum atomic E-state index is -0.329. The van der Waals surface area contributed by atoms with Gasteiger partial charge in [-0.25, -0.2) is 13.9 Å². The number of amides is 1. The number of hydrogen-bond donors (Lipinski definition) is 1. The smallest absolute Gasteiger partial charge is 0.349 e. The van der Waals surface area contributed by atoms with Crippen LogP contribution in [0.3, 0.4) is 0 Å². The van der Waals surface area contributed by atoms with Crippen molar-refractivity contribution in [3.63, 3.8) is 0 Å². The summed E-state index contributed by atoms with van der Waals surface area (Å²) in [4.78, 5) is 40.3. The summed E-state index contributed by atoms with van der Waals surface area (Å²) in [7, 11) is 0. The number of rotatable bonds is 7. The zero-order valence-electron chi connectivity index (χ0n) is 21.9. The molecule has 0 atom stereocenters. The summed E-state index contributed by atoms with van der Waals surface area (Å²) in [5.74, 6) is 0.515. The second kappa shape index (κ2) is 10.4. The van der Waals surface area contributed by atoms with Gasteiger partial charge in [0.2, 0.25) is 5.78 Å². The van der Waals surface area contributed by atoms with Gasteiger partial charge in [-0.3, -0.25) is 14.2 Å². The molecular weight excluding hydrogens is 466 g/mol. The molecule has 2 aromatic carbocycles. The van der Waals surface area contributed by atoms with Crippen molar-refractivity contribution in [3.8, 4) is 0 Å². The molecule has 0 spiro atoms. The fourth-order valence-corrected chi connectivity index (χ4v) is 5.25. The van der Waals surface area contributed by atoms with Crippen molar-refractivity contribution in [1.29, 1.82) is 0 Å². The van der Waals surface area contributed by atoms with Gasteiger partial charge in [-0.2, -0.15) is 0 Å². The molecule has 1 aliphatic carbocycles. The molecule has 0 unspecified atom stereocenters. The summed E-state index contributed by atoms with van der Waals surface area (Å²) in [5.41, 5.74) is 2.38. The Morgan fingerprint density at radius 3 is 2.59 bits per heavy atom. The molecule has 0 radical (unpaired) electrons. The maximum absolute atomic E-state index is 13.7. The Labute approximate surface area is 215 Å². The highest BCUT2D eigenvalue weighted by atomic mass is 16.2. The van der Waals surface area contributed by atoms with Gasteiger partial charge in [-0.15, -0.1) is 5.10 Å². The molecule has 8 heteroatoms. The van der Waals surface area contributed by atoms with Crippen molar-refractivity contribution in [2.24, 2.45) is 5.92 Å². The van der Waals surface area contributed by atoms with E-state index in [-0.39, 0.29) is 23.2 Å². The molecule has 0 saturated heterocycles. The molecule has 0 bridgehead atoms. The quantitative estimate of drug-likeness (QED) is 0.409. The van der Waals surface area contributed by atoms with E-state index >= 15 is 0 Å². The van der Waals surface area contributed by atoms with Gasteiger partial charge >= 0.3 is 5.69 Å². The Balaban J connectivity index is 1.64. The van der Waals surface area contributed by atoms with Crippen LogP contribution in [0.25, 0.3) is 16.7 Å². The molecule has 8 nitrogen and oxygen atoms in total. The van der Waals surface area contributed by atoms with Gasteiger partial charge in [0.25, 0.3) is 11.5 Å². The molecule has 1 amide bonds. The van der Waals surface area contributed by atoms with Gasteiger partial charge in [0.1, 0.15) is 0 Å². The second-order valence-corrected chi connectivity index (χ2v) is 10.7. The monoisotopic (exact) mass is 501 g/mol. The lowest BCUT2D eigenvalue weighted by Crippen LogP contribution is -2.36. The number of nitrogens with zero attached hydrogens (tertiary/aromatic N) is 4. The van der Waals surface area contributed by atoms with Crippen LogP contribution in [0.1, 0.15) is 73.9 Å². The maximum Gasteiger partial charge on any atom is 0.352 e. The molecular formula is C29H35N5O3. The summed E-state index contributed by atoms with van der Waals surface area (Å²) >= 11 is 0. The lowest BCUT2D eigenvalue weighted by Gasteiger charge is -2.22. The number of carbonyl (C=O) groups excluding carboxylic acids is 1. The Hall–Kier alpha value is -3.68. The maximum atomic E-state index is 13.7. The zero-order valence-corrected chi connectivity index (χ0v) is 21.9. The standard InChI is InChI=1S/C29H35N5O3/c1-19(2)14-15-32-27(36)24-13-12-22(26(35)30-23-10-5-4-6-11-23)17-25(24)34-28(32)31-33(29(34)37)18-21-9-7-8-20(3)16-21/h7-9,12-13,16-17,19,23H,4-6,10-11,14-15,18H2,1-3H3,(H,30,35). The molecule has 0 aliphatic heterocycles. The van der Waals surface area contributed by atoms with Gasteiger partial charge in [-0.05, 0) is 55.9 Å². The van der Waals surface area contributed by atoms with Crippen LogP contribution in [0.2, 0.25) is 0 Å². The van der Waals surface area contributed by atoms with Gasteiger partial charge in [0.15, 0.2) is 0 Å². The van der Waals surface area contributed by atoms with E-state index in [1.165, 1.54) is 15.5 Å². The molecule has 194 valence electrons. The van der Waals surface area contributed by atoms with Gasteiger partial charge in [-0.1, -0.05) is 62.9 Å². The highest BCUT2D eigenvalue weighted by molar-refractivity contribution is 5.98. The van der Waals surface area contributed by atoms with Crippen LogP contribution < -0.4 is 16.6 Å². The number of fused-ring (bicyclic) bond motifs is 3. The molecule has 5 rings (SSSR count). The van der Waals surface area contributed by atoms with E-state index in [0.717, 1.165) is 43.2 Å². The lowest BCUT2D eigenvalue weighted by atomic mass is 9.95. The van der Waals surface area contributed by atoms with E-state index in [0.29, 0.717) is 41.3 Å². The number of hydrogen-bond acceptors (Lipinski definition) is 4. The summed E-state index contributed by atoms with van der Waals surface area (Å²) in [6.45, 7) is 6.96. The fraction of sp³-hybridized carbons (Fsp3) is 0.448. The average molecular weight is 502 g/mol. The van der Waals surface area contributed by atoms with Crippen LogP contribution in [0, 0.1) is 12.8 Å². The van der Waals surface area contributed by atoms with Crippen molar-refractivity contribution in [1.82, 2.24) is 24.1 Å². The fourth-order valence-electron chi connectivity index (χ4n) is 5.25. The molecule has 2 aromatic heterocycles. The molecule has 1 aliphatic rings. The van der Waals surface area contributed by atoms with E-state index in [2.05, 4.69) is 24.3 Å². The third-order valence-corrected chi connectivity index (χ3v) is 7.33. The predicted octanol–water partition coefficient (Wildman–Crippen LogP) is 4.28. The topological polar surface area (TPSA) is 90.4 Å². The SMILES string of the molecule is Cc1cccc(Cn2nc3n(CCC(C)C)c(=O)c4ccc(C(=O)NC5CCCCC5)cc4n3c2=O)c1. The van der Waals surface area contributed by atoms with E-state index in [1.807, 2.05) is 31.2 Å². The number of aryl methyl sites for hydroxylation is 2. The number of benzene rings is 2. The van der Waals surface area contributed by atoms with E-state index in [9.17, 15) is 14.4 Å². The van der Waals surface area contributed by atoms with Crippen molar-refractivity contribution in [3.05, 3.63) is 80.0 Å². The molecule has 1 fully saturated rings. The Morgan fingerprint density at radius 2 is 1.86 bits per heavy atom. The van der Waals surface area contributed by atoms with E-state index < -0.39 is 0 Å². The highest BCUT2D eigenvalue weighted by Gasteiger charge is 2.21. The zero-order chi connectivity index (χ0) is 26.1. The minimum absolute atomic E-state index is 0.167. The van der Waals surface area contributed by atoms with E-state index in [4.69, 9.17) is 0 Å². The van der Waals surface area contributed by atoms with Crippen LogP contribution in [0.5, 0.6) is 0 Å². The van der Waals surface area contributed by atoms with Crippen LogP contribution in [-0.4, -0.2) is 30.7 Å². The third kappa shape index (κ3) is 5.10. The number of aromatic nitrogens is 4. The number of nitrogens with one attached hydrogen (secondary N) is 1. The molecule has 1 N–H and O–H groups in total. The summed E-state index contributed by atoms with van der Waals surface area (Å²) in [6.07, 6.45) is 6.19. The molecule has 2 heterocycles. The minimum Gasteiger partial charge on any atom is -0.349 e. The second-order valence-electron chi connectivity index (χ2n) is 10.7. The first-order valence-corrected chi connectivity index (χ1v) is 13.3. The largest absolute Gasteiger partial charge is 0.352 e. The summed E-state index contributed by atoms with van der Waals surface area (Å²) in [5, 5.41) is 8.16. The highest BCUT2D eigenvalue weighted by Crippen LogP contribution is 2.19. The van der Waals surface area contributed by atoms with Crippen LogP contribution in [-0.2, 0) is 13.1 Å². The van der Waals surface area contributed by atoms with Crippen molar-refractivity contribution >= 4 is 22.6 Å². The van der Waals surface area contributed by atoms with E-state index in [1.54, 1.807) is 22.8 Å².